The Balaban J connectivity index is 2.92. The largest absolute Gasteiger partial charge is 0.398 e. The number of anilines is 1. The van der Waals surface area contributed by atoms with Crippen molar-refractivity contribution in [2.75, 3.05) is 5.73 Å². The Kier molecular flexibility index (Phi) is 5.55. The van der Waals surface area contributed by atoms with E-state index < -0.39 is 0 Å². The summed E-state index contributed by atoms with van der Waals surface area (Å²) in [6, 6.07) is 5.94. The van der Waals surface area contributed by atoms with E-state index in [4.69, 9.17) is 5.73 Å². The van der Waals surface area contributed by atoms with Gasteiger partial charge in [-0.2, -0.15) is 0 Å². The van der Waals surface area contributed by atoms with Crippen LogP contribution >= 0.6 is 0 Å². The molecule has 2 heteroatoms. The minimum Gasteiger partial charge on any atom is -0.398 e. The lowest BCUT2D eigenvalue weighted by atomic mass is 10.0. The molecule has 0 aliphatic rings. The molecule has 0 saturated heterocycles. The van der Waals surface area contributed by atoms with E-state index in [1.807, 2.05) is 62.4 Å². The van der Waals surface area contributed by atoms with Gasteiger partial charge in [0, 0.05) is 11.3 Å². The second kappa shape index (κ2) is 7.17. The highest BCUT2D eigenvalue weighted by molar-refractivity contribution is 5.80. The summed E-state index contributed by atoms with van der Waals surface area (Å²) >= 11 is 0. The molecule has 0 saturated carbocycles. The number of aliphatic imine (C=N–C) groups is 1. The van der Waals surface area contributed by atoms with Crippen molar-refractivity contribution in [3.8, 4) is 0 Å². The molecular weight excluding hydrogens is 232 g/mol. The zero-order valence-corrected chi connectivity index (χ0v) is 11.6. The average molecular weight is 252 g/mol. The van der Waals surface area contributed by atoms with Gasteiger partial charge >= 0.3 is 0 Å². The van der Waals surface area contributed by atoms with Gasteiger partial charge in [0.25, 0.3) is 0 Å². The smallest absolute Gasteiger partial charge is 0.0622 e. The zero-order valence-electron chi connectivity index (χ0n) is 11.6. The number of nitrogen functional groups attached to an aromatic ring is 1. The topological polar surface area (TPSA) is 38.4 Å². The summed E-state index contributed by atoms with van der Waals surface area (Å²) in [4.78, 5) is 3.93. The van der Waals surface area contributed by atoms with Gasteiger partial charge in [-0.25, -0.2) is 0 Å². The predicted molar refractivity (Wildman–Crippen MR) is 86.2 cm³/mol. The number of aryl methyl sites for hydroxylation is 1. The SMILES string of the molecule is C=NC(=C\C=C/C)/C=C/C(=C)c1ccc(C)cc1N. The van der Waals surface area contributed by atoms with Crippen molar-refractivity contribution in [3.63, 3.8) is 0 Å². The van der Waals surface area contributed by atoms with Gasteiger partial charge in [0.1, 0.15) is 0 Å². The van der Waals surface area contributed by atoms with Crippen LogP contribution in [0.15, 0.2) is 65.8 Å². The second-order valence-electron chi connectivity index (χ2n) is 4.22. The van der Waals surface area contributed by atoms with Crippen LogP contribution in [0.4, 0.5) is 5.69 Å². The molecule has 1 rings (SSSR count). The molecule has 1 aromatic carbocycles. The molecule has 0 aromatic heterocycles. The van der Waals surface area contributed by atoms with Crippen molar-refractivity contribution in [1.82, 2.24) is 0 Å². The Bertz CT molecular complexity index is 561. The average Bonchev–Trinajstić information content (AvgIpc) is 2.38. The number of allylic oxidation sites excluding steroid dienone is 6. The first-order valence-corrected chi connectivity index (χ1v) is 6.11. The lowest BCUT2D eigenvalue weighted by Gasteiger charge is -2.06. The number of nitrogens with two attached hydrogens (primary N) is 1. The number of hydrogen-bond acceptors (Lipinski definition) is 2. The summed E-state index contributed by atoms with van der Waals surface area (Å²) in [5, 5.41) is 0. The lowest BCUT2D eigenvalue weighted by molar-refractivity contribution is 1.43. The summed E-state index contributed by atoms with van der Waals surface area (Å²) in [5.74, 6) is 0. The minimum absolute atomic E-state index is 0.736. The fraction of sp³-hybridized carbons (Fsp3) is 0.118. The first kappa shape index (κ1) is 14.7. The molecule has 19 heavy (non-hydrogen) atoms. The molecule has 0 amide bonds. The molecule has 0 fully saturated rings. The van der Waals surface area contributed by atoms with E-state index >= 15 is 0 Å². The van der Waals surface area contributed by atoms with Crippen LogP contribution < -0.4 is 5.73 Å². The van der Waals surface area contributed by atoms with Crippen molar-refractivity contribution in [3.05, 3.63) is 72.0 Å². The van der Waals surface area contributed by atoms with E-state index in [1.165, 1.54) is 0 Å². The van der Waals surface area contributed by atoms with Gasteiger partial charge in [0.15, 0.2) is 0 Å². The van der Waals surface area contributed by atoms with E-state index in [0.717, 1.165) is 28.1 Å². The molecule has 0 radical (unpaired) electrons. The van der Waals surface area contributed by atoms with Crippen molar-refractivity contribution in [2.45, 2.75) is 13.8 Å². The summed E-state index contributed by atoms with van der Waals surface area (Å²) < 4.78 is 0. The highest BCUT2D eigenvalue weighted by atomic mass is 14.7. The number of benzene rings is 1. The summed E-state index contributed by atoms with van der Waals surface area (Å²) in [7, 11) is 0. The van der Waals surface area contributed by atoms with Crippen molar-refractivity contribution in [1.29, 1.82) is 0 Å². The highest BCUT2D eigenvalue weighted by Gasteiger charge is 2.00. The van der Waals surface area contributed by atoms with Crippen molar-refractivity contribution in [2.24, 2.45) is 4.99 Å². The summed E-state index contributed by atoms with van der Waals surface area (Å²) in [5.41, 5.74) is 10.4. The van der Waals surface area contributed by atoms with Gasteiger partial charge in [0.05, 0.1) is 5.70 Å². The molecule has 0 atom stereocenters. The van der Waals surface area contributed by atoms with E-state index in [9.17, 15) is 0 Å². The van der Waals surface area contributed by atoms with Crippen LogP contribution in [0.3, 0.4) is 0 Å². The first-order chi connectivity index (χ1) is 9.08. The zero-order chi connectivity index (χ0) is 14.3. The molecule has 1 aromatic rings. The molecule has 0 bridgehead atoms. The molecule has 2 nitrogen and oxygen atoms in total. The van der Waals surface area contributed by atoms with Crippen LogP contribution in [-0.4, -0.2) is 6.72 Å². The van der Waals surface area contributed by atoms with Crippen LogP contribution in [0, 0.1) is 6.92 Å². The Morgan fingerprint density at radius 2 is 2.05 bits per heavy atom. The molecule has 0 heterocycles. The van der Waals surface area contributed by atoms with Gasteiger partial charge in [-0.15, -0.1) is 0 Å². The van der Waals surface area contributed by atoms with E-state index in [2.05, 4.69) is 18.3 Å². The van der Waals surface area contributed by atoms with Crippen LogP contribution in [0.2, 0.25) is 0 Å². The van der Waals surface area contributed by atoms with Gasteiger partial charge in [0.2, 0.25) is 0 Å². The number of hydrogen-bond donors (Lipinski definition) is 1. The van der Waals surface area contributed by atoms with Gasteiger partial charge in [-0.3, -0.25) is 4.99 Å². The molecule has 0 aliphatic carbocycles. The van der Waals surface area contributed by atoms with Crippen LogP contribution in [-0.2, 0) is 0 Å². The second-order valence-corrected chi connectivity index (χ2v) is 4.22. The Hall–Kier alpha value is -2.35. The molecule has 98 valence electrons. The quantitative estimate of drug-likeness (QED) is 0.473. The first-order valence-electron chi connectivity index (χ1n) is 6.11. The fourth-order valence-corrected chi connectivity index (χ4v) is 1.61. The monoisotopic (exact) mass is 252 g/mol. The minimum atomic E-state index is 0.736. The van der Waals surface area contributed by atoms with E-state index in [0.29, 0.717) is 0 Å². The highest BCUT2D eigenvalue weighted by Crippen LogP contribution is 2.22. The fourth-order valence-electron chi connectivity index (χ4n) is 1.61. The third-order valence-corrected chi connectivity index (χ3v) is 2.65. The van der Waals surface area contributed by atoms with Crippen LogP contribution in [0.25, 0.3) is 5.57 Å². The standard InChI is InChI=1S/C17H20N2/c1-5-6-7-15(19-4)10-9-14(3)16-11-8-13(2)12-17(16)18/h5-12H,3-4,18H2,1-2H3/b6-5-,10-9+,15-7-. The van der Waals surface area contributed by atoms with Gasteiger partial charge in [-0.05, 0) is 49.9 Å². The third-order valence-electron chi connectivity index (χ3n) is 2.65. The summed E-state index contributed by atoms with van der Waals surface area (Å²) in [6.07, 6.45) is 9.50. The lowest BCUT2D eigenvalue weighted by Crippen LogP contribution is -1.92. The Morgan fingerprint density at radius 3 is 2.63 bits per heavy atom. The molecular formula is C17H20N2. The van der Waals surface area contributed by atoms with Crippen molar-refractivity contribution >= 4 is 18.0 Å². The van der Waals surface area contributed by atoms with E-state index in [1.54, 1.807) is 0 Å². The molecule has 0 aliphatic heterocycles. The maximum Gasteiger partial charge on any atom is 0.0622 e. The van der Waals surface area contributed by atoms with Crippen LogP contribution in [0.1, 0.15) is 18.1 Å². The van der Waals surface area contributed by atoms with E-state index in [-0.39, 0.29) is 0 Å². The van der Waals surface area contributed by atoms with Gasteiger partial charge in [-0.1, -0.05) is 36.9 Å². The Labute approximate surface area is 115 Å². The Morgan fingerprint density at radius 1 is 1.32 bits per heavy atom. The summed E-state index contributed by atoms with van der Waals surface area (Å²) in [6.45, 7) is 11.5. The van der Waals surface area contributed by atoms with Crippen molar-refractivity contribution < 1.29 is 0 Å². The third kappa shape index (κ3) is 4.43. The molecule has 0 spiro atoms. The van der Waals surface area contributed by atoms with Gasteiger partial charge < -0.3 is 5.73 Å². The molecule has 0 unspecified atom stereocenters. The maximum absolute atomic E-state index is 5.99. The predicted octanol–water partition coefficient (Wildman–Crippen LogP) is 4.31. The normalized spacial score (nSPS) is 12.2. The molecule has 2 N–H and O–H groups in total. The maximum atomic E-state index is 5.99. The number of rotatable bonds is 5. The van der Waals surface area contributed by atoms with Crippen LogP contribution in [0.5, 0.6) is 0 Å². The number of nitrogens with zero attached hydrogens (tertiary/aromatic N) is 1.